The van der Waals surface area contributed by atoms with Gasteiger partial charge in [0.15, 0.2) is 5.75 Å². The van der Waals surface area contributed by atoms with Gasteiger partial charge in [-0.25, -0.2) is 0 Å². The molecular formula is C23H23ClN6O3. The van der Waals surface area contributed by atoms with Crippen LogP contribution in [0.5, 0.6) is 17.2 Å². The number of rotatable bonds is 5. The predicted molar refractivity (Wildman–Crippen MR) is 126 cm³/mol. The van der Waals surface area contributed by atoms with Crippen molar-refractivity contribution in [2.45, 2.75) is 32.0 Å². The fourth-order valence-corrected chi connectivity index (χ4v) is 3.81. The second kappa shape index (κ2) is 9.79. The van der Waals surface area contributed by atoms with Gasteiger partial charge in [0.05, 0.1) is 42.5 Å². The quantitative estimate of drug-likeness (QED) is 0.540. The molecule has 1 fully saturated rings. The van der Waals surface area contributed by atoms with Crippen molar-refractivity contribution in [1.29, 1.82) is 5.26 Å². The van der Waals surface area contributed by atoms with Crippen molar-refractivity contribution in [2.24, 2.45) is 5.18 Å². The lowest BCUT2D eigenvalue weighted by Gasteiger charge is -2.29. The third kappa shape index (κ3) is 5.35. The van der Waals surface area contributed by atoms with Crippen LogP contribution in [-0.2, 0) is 13.1 Å². The highest BCUT2D eigenvalue weighted by molar-refractivity contribution is 6.32. The largest absolute Gasteiger partial charge is 0.487 e. The van der Waals surface area contributed by atoms with Crippen molar-refractivity contribution < 1.29 is 9.47 Å². The molecule has 0 amide bonds. The summed E-state index contributed by atoms with van der Waals surface area (Å²) in [7, 11) is 1.19. The number of nitriles is 1. The van der Waals surface area contributed by atoms with Crippen LogP contribution >= 0.6 is 11.6 Å². The maximum atomic E-state index is 9.45. The van der Waals surface area contributed by atoms with E-state index in [1.807, 2.05) is 35.0 Å². The fraction of sp³-hybridized carbons (Fsp3) is 0.304. The van der Waals surface area contributed by atoms with Gasteiger partial charge in [0, 0.05) is 30.4 Å². The Bertz CT molecular complexity index is 1180. The average Bonchev–Trinajstić information content (AvgIpc) is 3.54. The van der Waals surface area contributed by atoms with Crippen LogP contribution in [0.25, 0.3) is 0 Å². The van der Waals surface area contributed by atoms with Crippen molar-refractivity contribution >= 4 is 23.1 Å². The van der Waals surface area contributed by atoms with Crippen LogP contribution in [0.4, 0.5) is 11.5 Å². The Balaban J connectivity index is 0.000000821. The Labute approximate surface area is 196 Å². The normalized spacial score (nSPS) is 14.4. The molecule has 1 saturated carbocycles. The third-order valence-electron chi connectivity index (χ3n) is 5.20. The van der Waals surface area contributed by atoms with Crippen LogP contribution in [0, 0.1) is 16.2 Å². The summed E-state index contributed by atoms with van der Waals surface area (Å²) in [5.41, 5.74) is 8.38. The second-order valence-corrected chi connectivity index (χ2v) is 8.10. The molecule has 1 aliphatic carbocycles. The van der Waals surface area contributed by atoms with Gasteiger partial charge in [-0.15, -0.1) is 0 Å². The number of aromatic nitrogens is 2. The van der Waals surface area contributed by atoms with Gasteiger partial charge in [-0.1, -0.05) is 16.8 Å². The highest BCUT2D eigenvalue weighted by atomic mass is 35.5. The van der Waals surface area contributed by atoms with E-state index < -0.39 is 0 Å². The molecule has 2 heterocycles. The summed E-state index contributed by atoms with van der Waals surface area (Å²) < 4.78 is 13.7. The molecule has 1 aliphatic heterocycles. The zero-order valence-electron chi connectivity index (χ0n) is 18.1. The number of anilines is 2. The van der Waals surface area contributed by atoms with E-state index in [-0.39, 0.29) is 6.10 Å². The third-order valence-corrected chi connectivity index (χ3v) is 5.48. The highest BCUT2D eigenvalue weighted by Crippen LogP contribution is 2.38. The van der Waals surface area contributed by atoms with Crippen LogP contribution in [0.15, 0.2) is 47.6 Å². The number of hydrogen-bond donors (Lipinski definition) is 1. The minimum Gasteiger partial charge on any atom is -0.487 e. The standard InChI is InChI=1S/C22H20ClN5O2.CH3NO/c23-20-11-19(9-14(12-24)22(20)30-18-5-6-18)29-17-3-1-15(2-4-17)27-7-8-28-16(13-27)10-21(25)26-28;1-2-3/h1-4,9-11,18H,5-8,13H2,(H2,25,26);1H3. The number of nitroso groups, excluding NO2 is 1. The number of nitrogen functional groups attached to an aromatic ring is 1. The molecule has 170 valence electrons. The molecule has 9 nitrogen and oxygen atoms in total. The van der Waals surface area contributed by atoms with Gasteiger partial charge in [-0.05, 0) is 37.1 Å². The zero-order valence-corrected chi connectivity index (χ0v) is 18.8. The van der Waals surface area contributed by atoms with Gasteiger partial charge in [0.25, 0.3) is 0 Å². The maximum absolute atomic E-state index is 9.45. The average molecular weight is 467 g/mol. The van der Waals surface area contributed by atoms with Gasteiger partial charge in [0.2, 0.25) is 0 Å². The van der Waals surface area contributed by atoms with Crippen molar-refractivity contribution in [1.82, 2.24) is 9.78 Å². The van der Waals surface area contributed by atoms with Crippen molar-refractivity contribution in [3.63, 3.8) is 0 Å². The first-order chi connectivity index (χ1) is 16.0. The molecule has 33 heavy (non-hydrogen) atoms. The van der Waals surface area contributed by atoms with E-state index in [0.717, 1.165) is 43.9 Å². The summed E-state index contributed by atoms with van der Waals surface area (Å²) in [5.74, 6) is 2.17. The Hall–Kier alpha value is -3.77. The van der Waals surface area contributed by atoms with E-state index in [4.69, 9.17) is 31.7 Å². The van der Waals surface area contributed by atoms with Crippen LogP contribution in [0.3, 0.4) is 0 Å². The summed E-state index contributed by atoms with van der Waals surface area (Å²) in [5, 5.41) is 16.4. The van der Waals surface area contributed by atoms with E-state index in [2.05, 4.69) is 21.2 Å². The molecule has 0 radical (unpaired) electrons. The SMILES string of the molecule is CN=O.N#Cc1cc(Oc2ccc(N3CCn4nc(N)cc4C3)cc2)cc(Cl)c1OC1CC1. The van der Waals surface area contributed by atoms with Gasteiger partial charge in [0.1, 0.15) is 23.4 Å². The van der Waals surface area contributed by atoms with Crippen LogP contribution in [-0.4, -0.2) is 29.5 Å². The molecule has 2 N–H and O–H groups in total. The lowest BCUT2D eigenvalue weighted by molar-refractivity contribution is 0.302. The van der Waals surface area contributed by atoms with Gasteiger partial charge in [-0.2, -0.15) is 15.3 Å². The maximum Gasteiger partial charge on any atom is 0.156 e. The van der Waals surface area contributed by atoms with E-state index in [1.165, 1.54) is 7.05 Å². The van der Waals surface area contributed by atoms with Gasteiger partial charge < -0.3 is 20.1 Å². The number of hydrogen-bond acceptors (Lipinski definition) is 8. The highest BCUT2D eigenvalue weighted by Gasteiger charge is 2.26. The summed E-state index contributed by atoms with van der Waals surface area (Å²) >= 11 is 6.34. The minimum atomic E-state index is 0.166. The molecule has 0 bridgehead atoms. The number of benzene rings is 2. The summed E-state index contributed by atoms with van der Waals surface area (Å²) in [6, 6.07) is 15.2. The van der Waals surface area contributed by atoms with Gasteiger partial charge >= 0.3 is 0 Å². The molecule has 0 unspecified atom stereocenters. The first-order valence-electron chi connectivity index (χ1n) is 10.5. The monoisotopic (exact) mass is 466 g/mol. The Morgan fingerprint density at radius 3 is 2.58 bits per heavy atom. The van der Waals surface area contributed by atoms with E-state index >= 15 is 0 Å². The molecule has 0 atom stereocenters. The van der Waals surface area contributed by atoms with Crippen molar-refractivity contribution in [3.05, 3.63) is 63.7 Å². The van der Waals surface area contributed by atoms with Crippen LogP contribution in [0.2, 0.25) is 5.02 Å². The molecular weight excluding hydrogens is 444 g/mol. The number of ether oxygens (including phenoxy) is 2. The Morgan fingerprint density at radius 2 is 1.91 bits per heavy atom. The van der Waals surface area contributed by atoms with E-state index in [1.54, 1.807) is 12.1 Å². The summed E-state index contributed by atoms with van der Waals surface area (Å²) in [6.45, 7) is 2.42. The summed E-state index contributed by atoms with van der Waals surface area (Å²) in [4.78, 5) is 10.8. The molecule has 2 aromatic carbocycles. The van der Waals surface area contributed by atoms with E-state index in [9.17, 15) is 5.26 Å². The molecule has 1 aromatic heterocycles. The van der Waals surface area contributed by atoms with E-state index in [0.29, 0.717) is 33.7 Å². The number of halogens is 1. The topological polar surface area (TPSA) is 119 Å². The number of nitrogens with zero attached hydrogens (tertiary/aromatic N) is 5. The number of fused-ring (bicyclic) bond motifs is 1. The molecule has 5 rings (SSSR count). The predicted octanol–water partition coefficient (Wildman–Crippen LogP) is 4.73. The Kier molecular flexibility index (Phi) is 6.66. The first-order valence-corrected chi connectivity index (χ1v) is 10.9. The molecule has 2 aliphatic rings. The molecule has 0 saturated heterocycles. The molecule has 10 heteroatoms. The van der Waals surface area contributed by atoms with Crippen molar-refractivity contribution in [3.8, 4) is 23.3 Å². The van der Waals surface area contributed by atoms with Crippen molar-refractivity contribution in [2.75, 3.05) is 24.2 Å². The Morgan fingerprint density at radius 1 is 1.18 bits per heavy atom. The lowest BCUT2D eigenvalue weighted by Crippen LogP contribution is -2.33. The molecule has 3 aromatic rings. The zero-order chi connectivity index (χ0) is 23.4. The van der Waals surface area contributed by atoms with Crippen LogP contribution < -0.4 is 20.1 Å². The van der Waals surface area contributed by atoms with Crippen LogP contribution in [0.1, 0.15) is 24.1 Å². The number of nitrogens with two attached hydrogens (primary N) is 1. The minimum absolute atomic E-state index is 0.166. The van der Waals surface area contributed by atoms with Gasteiger partial charge in [-0.3, -0.25) is 4.68 Å². The first kappa shape index (κ1) is 22.4. The fourth-order valence-electron chi connectivity index (χ4n) is 3.55. The summed E-state index contributed by atoms with van der Waals surface area (Å²) in [6.07, 6.45) is 2.16. The lowest BCUT2D eigenvalue weighted by atomic mass is 10.2. The second-order valence-electron chi connectivity index (χ2n) is 7.69. The molecule has 0 spiro atoms. The smallest absolute Gasteiger partial charge is 0.156 e.